The molecule has 1 unspecified atom stereocenters. The van der Waals surface area contributed by atoms with Crippen molar-refractivity contribution in [2.45, 2.75) is 19.4 Å². The lowest BCUT2D eigenvalue weighted by Gasteiger charge is -2.31. The van der Waals surface area contributed by atoms with E-state index in [2.05, 4.69) is 21.2 Å². The average molecular weight is 348 g/mol. The van der Waals surface area contributed by atoms with Crippen LogP contribution in [0.15, 0.2) is 53.0 Å². The van der Waals surface area contributed by atoms with E-state index in [-0.39, 0.29) is 5.97 Å². The van der Waals surface area contributed by atoms with Crippen molar-refractivity contribution in [2.24, 2.45) is 0 Å². The highest BCUT2D eigenvalue weighted by molar-refractivity contribution is 9.10. The lowest BCUT2D eigenvalue weighted by atomic mass is 9.88. The first-order valence-electron chi connectivity index (χ1n) is 6.65. The van der Waals surface area contributed by atoms with Crippen molar-refractivity contribution >= 4 is 27.6 Å². The zero-order chi connectivity index (χ0) is 15.5. The summed E-state index contributed by atoms with van der Waals surface area (Å²) in [5, 5.41) is 3.30. The van der Waals surface area contributed by atoms with Gasteiger partial charge in [-0.25, -0.2) is 4.79 Å². The Morgan fingerprint density at radius 3 is 2.33 bits per heavy atom. The quantitative estimate of drug-likeness (QED) is 0.839. The van der Waals surface area contributed by atoms with Crippen LogP contribution in [0.5, 0.6) is 0 Å². The van der Waals surface area contributed by atoms with E-state index in [4.69, 9.17) is 4.74 Å². The minimum Gasteiger partial charge on any atom is -0.467 e. The Hall–Kier alpha value is -1.81. The largest absolute Gasteiger partial charge is 0.467 e. The Labute approximate surface area is 133 Å². The monoisotopic (exact) mass is 347 g/mol. The fourth-order valence-corrected chi connectivity index (χ4v) is 2.65. The van der Waals surface area contributed by atoms with Crippen LogP contribution in [0, 0.1) is 6.92 Å². The second kappa shape index (κ2) is 6.31. The third-order valence-electron chi connectivity index (χ3n) is 3.52. The molecule has 110 valence electrons. The molecule has 0 aliphatic carbocycles. The van der Waals surface area contributed by atoms with E-state index in [0.717, 1.165) is 21.3 Å². The first-order valence-corrected chi connectivity index (χ1v) is 7.45. The maximum Gasteiger partial charge on any atom is 0.335 e. The van der Waals surface area contributed by atoms with Crippen LogP contribution >= 0.6 is 15.9 Å². The Kier molecular flexibility index (Phi) is 4.68. The van der Waals surface area contributed by atoms with E-state index >= 15 is 0 Å². The molecule has 1 N–H and O–H groups in total. The van der Waals surface area contributed by atoms with Crippen molar-refractivity contribution in [1.29, 1.82) is 0 Å². The van der Waals surface area contributed by atoms with Gasteiger partial charge in [-0.05, 0) is 49.2 Å². The molecule has 4 heteroatoms. The minimum atomic E-state index is -0.937. The van der Waals surface area contributed by atoms with Gasteiger partial charge in [0, 0.05) is 10.2 Å². The number of anilines is 1. The predicted molar refractivity (Wildman–Crippen MR) is 88.3 cm³/mol. The molecule has 0 spiro atoms. The molecule has 0 bridgehead atoms. The molecular formula is C17H18BrNO2. The second-order valence-electron chi connectivity index (χ2n) is 5.06. The van der Waals surface area contributed by atoms with Gasteiger partial charge in [0.05, 0.1) is 7.11 Å². The maximum atomic E-state index is 12.4. The molecule has 2 aromatic carbocycles. The number of rotatable bonds is 4. The predicted octanol–water partition coefficient (Wildman–Crippen LogP) is 4.26. The van der Waals surface area contributed by atoms with Crippen LogP contribution in [0.25, 0.3) is 0 Å². The van der Waals surface area contributed by atoms with Gasteiger partial charge in [-0.1, -0.05) is 40.2 Å². The van der Waals surface area contributed by atoms with Crippen LogP contribution in [0.2, 0.25) is 0 Å². The third-order valence-corrected chi connectivity index (χ3v) is 4.04. The zero-order valence-electron chi connectivity index (χ0n) is 12.3. The Bertz CT molecular complexity index is 639. The molecular weight excluding hydrogens is 330 g/mol. The van der Waals surface area contributed by atoms with E-state index in [1.165, 1.54) is 7.11 Å². The summed E-state index contributed by atoms with van der Waals surface area (Å²) in [5.74, 6) is -0.320. The Morgan fingerprint density at radius 1 is 1.14 bits per heavy atom. The van der Waals surface area contributed by atoms with Gasteiger partial charge in [-0.2, -0.15) is 0 Å². The van der Waals surface area contributed by atoms with Crippen LogP contribution < -0.4 is 5.32 Å². The Balaban J connectivity index is 2.45. The summed E-state index contributed by atoms with van der Waals surface area (Å²) in [5.41, 5.74) is 1.86. The van der Waals surface area contributed by atoms with Crippen molar-refractivity contribution in [2.75, 3.05) is 12.4 Å². The summed E-state index contributed by atoms with van der Waals surface area (Å²) in [4.78, 5) is 12.4. The SMILES string of the molecule is COC(=O)C(C)(Nc1ccc(Br)cc1)c1ccccc1C. The number of ether oxygens (including phenoxy) is 1. The molecule has 3 nitrogen and oxygen atoms in total. The van der Waals surface area contributed by atoms with E-state index < -0.39 is 5.54 Å². The van der Waals surface area contributed by atoms with Gasteiger partial charge in [0.15, 0.2) is 5.54 Å². The standard InChI is InChI=1S/C17H18BrNO2/c1-12-6-4-5-7-15(12)17(2,16(20)21-3)19-14-10-8-13(18)9-11-14/h4-11,19H,1-3H3. The molecule has 21 heavy (non-hydrogen) atoms. The molecule has 1 atom stereocenters. The Morgan fingerprint density at radius 2 is 1.76 bits per heavy atom. The summed E-state index contributed by atoms with van der Waals surface area (Å²) >= 11 is 3.40. The van der Waals surface area contributed by atoms with Crippen molar-refractivity contribution in [3.05, 3.63) is 64.1 Å². The molecule has 2 aromatic rings. The normalized spacial score (nSPS) is 13.3. The fraction of sp³-hybridized carbons (Fsp3) is 0.235. The maximum absolute atomic E-state index is 12.4. The molecule has 0 radical (unpaired) electrons. The molecule has 0 aliphatic heterocycles. The highest BCUT2D eigenvalue weighted by Gasteiger charge is 2.37. The van der Waals surface area contributed by atoms with Crippen LogP contribution in [-0.4, -0.2) is 13.1 Å². The topological polar surface area (TPSA) is 38.3 Å². The van der Waals surface area contributed by atoms with E-state index in [0.29, 0.717) is 0 Å². The van der Waals surface area contributed by atoms with Crippen LogP contribution in [0.1, 0.15) is 18.1 Å². The number of halogens is 1. The second-order valence-corrected chi connectivity index (χ2v) is 5.98. The number of nitrogens with one attached hydrogen (secondary N) is 1. The van der Waals surface area contributed by atoms with Gasteiger partial charge in [-0.3, -0.25) is 0 Å². The average Bonchev–Trinajstić information content (AvgIpc) is 2.49. The van der Waals surface area contributed by atoms with Gasteiger partial charge in [-0.15, -0.1) is 0 Å². The van der Waals surface area contributed by atoms with Crippen molar-refractivity contribution < 1.29 is 9.53 Å². The van der Waals surface area contributed by atoms with E-state index in [1.54, 1.807) is 0 Å². The van der Waals surface area contributed by atoms with Crippen molar-refractivity contribution in [3.8, 4) is 0 Å². The summed E-state index contributed by atoms with van der Waals surface area (Å²) in [6.45, 7) is 3.82. The van der Waals surface area contributed by atoms with Gasteiger partial charge >= 0.3 is 5.97 Å². The summed E-state index contributed by atoms with van der Waals surface area (Å²) in [7, 11) is 1.40. The van der Waals surface area contributed by atoms with Crippen LogP contribution in [-0.2, 0) is 15.1 Å². The van der Waals surface area contributed by atoms with E-state index in [9.17, 15) is 4.79 Å². The molecule has 0 amide bonds. The lowest BCUT2D eigenvalue weighted by molar-refractivity contribution is -0.145. The summed E-state index contributed by atoms with van der Waals surface area (Å²) in [6, 6.07) is 15.5. The smallest absolute Gasteiger partial charge is 0.335 e. The fourth-order valence-electron chi connectivity index (χ4n) is 2.39. The number of methoxy groups -OCH3 is 1. The zero-order valence-corrected chi connectivity index (χ0v) is 13.9. The minimum absolute atomic E-state index is 0.320. The van der Waals surface area contributed by atoms with Crippen LogP contribution in [0.4, 0.5) is 5.69 Å². The van der Waals surface area contributed by atoms with Gasteiger partial charge in [0.2, 0.25) is 0 Å². The number of aryl methyl sites for hydroxylation is 1. The number of hydrogen-bond acceptors (Lipinski definition) is 3. The van der Waals surface area contributed by atoms with Crippen molar-refractivity contribution in [1.82, 2.24) is 0 Å². The van der Waals surface area contributed by atoms with Gasteiger partial charge < -0.3 is 10.1 Å². The highest BCUT2D eigenvalue weighted by Crippen LogP contribution is 2.30. The van der Waals surface area contributed by atoms with Crippen LogP contribution in [0.3, 0.4) is 0 Å². The lowest BCUT2D eigenvalue weighted by Crippen LogP contribution is -2.42. The molecule has 0 heterocycles. The molecule has 0 aromatic heterocycles. The van der Waals surface area contributed by atoms with Gasteiger partial charge in [0.25, 0.3) is 0 Å². The number of esters is 1. The third kappa shape index (κ3) is 3.27. The summed E-state index contributed by atoms with van der Waals surface area (Å²) in [6.07, 6.45) is 0. The number of carbonyl (C=O) groups is 1. The molecule has 0 saturated carbocycles. The van der Waals surface area contributed by atoms with Gasteiger partial charge in [0.1, 0.15) is 0 Å². The number of carbonyl (C=O) groups excluding carboxylic acids is 1. The first kappa shape index (κ1) is 15.6. The number of benzene rings is 2. The highest BCUT2D eigenvalue weighted by atomic mass is 79.9. The number of hydrogen-bond donors (Lipinski definition) is 1. The molecule has 2 rings (SSSR count). The summed E-state index contributed by atoms with van der Waals surface area (Å²) < 4.78 is 6.00. The molecule has 0 fully saturated rings. The first-order chi connectivity index (χ1) is 9.97. The van der Waals surface area contributed by atoms with Crippen molar-refractivity contribution in [3.63, 3.8) is 0 Å². The van der Waals surface area contributed by atoms with E-state index in [1.807, 2.05) is 62.4 Å². The molecule has 0 saturated heterocycles. The molecule has 0 aliphatic rings.